The molecule has 0 atom stereocenters. The molecule has 0 radical (unpaired) electrons. The first-order chi connectivity index (χ1) is 9.90. The van der Waals surface area contributed by atoms with Crippen molar-refractivity contribution in [2.24, 2.45) is 11.7 Å². The van der Waals surface area contributed by atoms with Gasteiger partial charge in [0.05, 0.1) is 4.92 Å². The Labute approximate surface area is 120 Å². The molecule has 0 aromatic heterocycles. The first-order valence-corrected chi connectivity index (χ1v) is 6.44. The summed E-state index contributed by atoms with van der Waals surface area (Å²) in [7, 11) is 0. The van der Waals surface area contributed by atoms with Gasteiger partial charge in [-0.3, -0.25) is 14.9 Å². The Hall–Kier alpha value is -2.64. The number of carbonyl (C=O) groups excluding carboxylic acids is 2. The van der Waals surface area contributed by atoms with Gasteiger partial charge in [0.2, 0.25) is 0 Å². The van der Waals surface area contributed by atoms with Crippen LogP contribution in [0.5, 0.6) is 0 Å². The number of nitro groups is 1. The van der Waals surface area contributed by atoms with Crippen LogP contribution in [-0.4, -0.2) is 29.9 Å². The van der Waals surface area contributed by atoms with Crippen molar-refractivity contribution < 1.29 is 19.6 Å². The van der Waals surface area contributed by atoms with E-state index in [4.69, 9.17) is 5.73 Å². The molecule has 0 aliphatic carbocycles. The van der Waals surface area contributed by atoms with Gasteiger partial charge in [0.1, 0.15) is 5.56 Å². The normalized spacial score (nSPS) is 15.7. The van der Waals surface area contributed by atoms with E-state index in [1.807, 2.05) is 4.90 Å². The summed E-state index contributed by atoms with van der Waals surface area (Å²) in [5, 5.41) is 21.6. The van der Waals surface area contributed by atoms with Gasteiger partial charge >= 0.3 is 0 Å². The summed E-state index contributed by atoms with van der Waals surface area (Å²) < 4.78 is 0. The number of rotatable bonds is 4. The number of nitrogens with zero attached hydrogens (tertiary/aromatic N) is 2. The zero-order valence-electron chi connectivity index (χ0n) is 11.2. The highest BCUT2D eigenvalue weighted by Crippen LogP contribution is 2.28. The Morgan fingerprint density at radius 1 is 1.29 bits per heavy atom. The largest absolute Gasteiger partial charge is 0.550 e. The number of hydrogen-bond donors (Lipinski definition) is 1. The lowest BCUT2D eigenvalue weighted by molar-refractivity contribution is -0.385. The van der Waals surface area contributed by atoms with Gasteiger partial charge < -0.3 is 20.5 Å². The first-order valence-electron chi connectivity index (χ1n) is 6.44. The van der Waals surface area contributed by atoms with E-state index in [1.54, 1.807) is 0 Å². The standard InChI is InChI=1S/C13H15N3O5/c14-12(17)10-7-9(1-2-11(10)16(20)21)15-5-3-8(4-6-15)13(18)19/h1-2,7-8H,3-6H2,(H2,14,17)(H,18,19)/p-1. The van der Waals surface area contributed by atoms with Crippen molar-refractivity contribution in [1.29, 1.82) is 0 Å². The maximum atomic E-state index is 11.3. The van der Waals surface area contributed by atoms with Gasteiger partial charge in [-0.05, 0) is 25.0 Å². The molecule has 1 aromatic carbocycles. The molecule has 8 heteroatoms. The van der Waals surface area contributed by atoms with Crippen LogP contribution in [0.15, 0.2) is 18.2 Å². The van der Waals surface area contributed by atoms with E-state index in [1.165, 1.54) is 18.2 Å². The third-order valence-corrected chi connectivity index (χ3v) is 3.64. The summed E-state index contributed by atoms with van der Waals surface area (Å²) in [6, 6.07) is 4.14. The molecule has 0 spiro atoms. The van der Waals surface area contributed by atoms with Crippen LogP contribution < -0.4 is 15.7 Å². The molecule has 0 bridgehead atoms. The van der Waals surface area contributed by atoms with Crippen molar-refractivity contribution in [2.75, 3.05) is 18.0 Å². The number of carbonyl (C=O) groups is 2. The second kappa shape index (κ2) is 5.78. The molecular formula is C13H14N3O5-. The predicted octanol–water partition coefficient (Wildman–Crippen LogP) is -0.340. The Balaban J connectivity index is 2.22. The number of benzene rings is 1. The molecule has 1 amide bonds. The van der Waals surface area contributed by atoms with Crippen LogP contribution >= 0.6 is 0 Å². The number of nitrogens with two attached hydrogens (primary N) is 1. The van der Waals surface area contributed by atoms with Crippen LogP contribution in [0.4, 0.5) is 11.4 Å². The molecule has 8 nitrogen and oxygen atoms in total. The Morgan fingerprint density at radius 2 is 1.90 bits per heavy atom. The molecule has 1 aromatic rings. The van der Waals surface area contributed by atoms with E-state index < -0.39 is 22.7 Å². The van der Waals surface area contributed by atoms with Gasteiger partial charge in [-0.15, -0.1) is 0 Å². The molecule has 21 heavy (non-hydrogen) atoms. The van der Waals surface area contributed by atoms with Crippen LogP contribution in [0, 0.1) is 16.0 Å². The molecule has 0 saturated carbocycles. The quantitative estimate of drug-likeness (QED) is 0.597. The number of primary amides is 1. The van der Waals surface area contributed by atoms with E-state index in [-0.39, 0.29) is 11.3 Å². The smallest absolute Gasteiger partial charge is 0.282 e. The fraction of sp³-hybridized carbons (Fsp3) is 0.385. The van der Waals surface area contributed by atoms with Crippen molar-refractivity contribution in [3.8, 4) is 0 Å². The highest BCUT2D eigenvalue weighted by Gasteiger charge is 2.23. The minimum Gasteiger partial charge on any atom is -0.550 e. The van der Waals surface area contributed by atoms with Crippen LogP contribution in [0.2, 0.25) is 0 Å². The number of carboxylic acids is 1. The zero-order chi connectivity index (χ0) is 15.6. The predicted molar refractivity (Wildman–Crippen MR) is 71.6 cm³/mol. The number of amides is 1. The van der Waals surface area contributed by atoms with Gasteiger partial charge in [0.15, 0.2) is 0 Å². The third kappa shape index (κ3) is 3.10. The summed E-state index contributed by atoms with van der Waals surface area (Å²) in [6.07, 6.45) is 0.871. The van der Waals surface area contributed by atoms with Gasteiger partial charge in [0.25, 0.3) is 11.6 Å². The number of carboxylic acid groups (broad SMARTS) is 1. The van der Waals surface area contributed by atoms with Gasteiger partial charge in [0, 0.05) is 36.7 Å². The van der Waals surface area contributed by atoms with Crippen LogP contribution in [0.25, 0.3) is 0 Å². The van der Waals surface area contributed by atoms with Crippen molar-refractivity contribution in [1.82, 2.24) is 0 Å². The highest BCUT2D eigenvalue weighted by atomic mass is 16.6. The first kappa shape index (κ1) is 14.8. The second-order valence-electron chi connectivity index (χ2n) is 4.90. The number of nitro benzene ring substituents is 1. The maximum Gasteiger partial charge on any atom is 0.282 e. The molecule has 1 heterocycles. The van der Waals surface area contributed by atoms with Gasteiger partial charge in [-0.25, -0.2) is 0 Å². The number of hydrogen-bond acceptors (Lipinski definition) is 6. The fourth-order valence-corrected chi connectivity index (χ4v) is 2.45. The van der Waals surface area contributed by atoms with Crippen molar-refractivity contribution >= 4 is 23.3 Å². The molecule has 112 valence electrons. The van der Waals surface area contributed by atoms with Crippen LogP contribution in [-0.2, 0) is 4.79 Å². The summed E-state index contributed by atoms with van der Waals surface area (Å²) in [5.74, 6) is -2.40. The van der Waals surface area contributed by atoms with E-state index >= 15 is 0 Å². The Morgan fingerprint density at radius 3 is 2.38 bits per heavy atom. The van der Waals surface area contributed by atoms with E-state index in [2.05, 4.69) is 0 Å². The Bertz CT molecular complexity index is 593. The molecule has 2 N–H and O–H groups in total. The molecule has 1 saturated heterocycles. The monoisotopic (exact) mass is 292 g/mol. The second-order valence-corrected chi connectivity index (χ2v) is 4.90. The highest BCUT2D eigenvalue weighted by molar-refractivity contribution is 5.98. The molecular weight excluding hydrogens is 278 g/mol. The topological polar surface area (TPSA) is 130 Å². The number of anilines is 1. The van der Waals surface area contributed by atoms with E-state index in [9.17, 15) is 24.8 Å². The average molecular weight is 292 g/mol. The lowest BCUT2D eigenvalue weighted by Gasteiger charge is -2.34. The summed E-state index contributed by atoms with van der Waals surface area (Å²) in [6.45, 7) is 0.962. The van der Waals surface area contributed by atoms with E-state index in [0.717, 1.165) is 0 Å². The molecule has 0 unspecified atom stereocenters. The van der Waals surface area contributed by atoms with Crippen molar-refractivity contribution in [3.63, 3.8) is 0 Å². The summed E-state index contributed by atoms with van der Waals surface area (Å²) >= 11 is 0. The summed E-state index contributed by atoms with van der Waals surface area (Å²) in [5.41, 5.74) is 5.29. The lowest BCUT2D eigenvalue weighted by atomic mass is 9.96. The maximum absolute atomic E-state index is 11.3. The molecule has 2 rings (SSSR count). The third-order valence-electron chi connectivity index (χ3n) is 3.64. The van der Waals surface area contributed by atoms with Crippen LogP contribution in [0.1, 0.15) is 23.2 Å². The number of aliphatic carboxylic acids is 1. The minimum absolute atomic E-state index is 0.153. The van der Waals surface area contributed by atoms with Gasteiger partial charge in [-0.2, -0.15) is 0 Å². The summed E-state index contributed by atoms with van der Waals surface area (Å²) in [4.78, 5) is 34.2. The zero-order valence-corrected chi connectivity index (χ0v) is 11.2. The SMILES string of the molecule is NC(=O)c1cc(N2CCC(C(=O)[O-])CC2)ccc1[N+](=O)[O-]. The lowest BCUT2D eigenvalue weighted by Crippen LogP contribution is -2.41. The Kier molecular flexibility index (Phi) is 4.06. The van der Waals surface area contributed by atoms with Crippen molar-refractivity contribution in [2.45, 2.75) is 12.8 Å². The fourth-order valence-electron chi connectivity index (χ4n) is 2.45. The van der Waals surface area contributed by atoms with Gasteiger partial charge in [-0.1, -0.05) is 0 Å². The number of piperidine rings is 1. The van der Waals surface area contributed by atoms with E-state index in [0.29, 0.717) is 31.6 Å². The molecule has 1 fully saturated rings. The molecule has 1 aliphatic rings. The molecule has 1 aliphatic heterocycles. The average Bonchev–Trinajstić information content (AvgIpc) is 2.46. The van der Waals surface area contributed by atoms with Crippen LogP contribution in [0.3, 0.4) is 0 Å². The minimum atomic E-state index is -1.06. The van der Waals surface area contributed by atoms with Crippen molar-refractivity contribution in [3.05, 3.63) is 33.9 Å².